The first-order chi connectivity index (χ1) is 17.8. The van der Waals surface area contributed by atoms with Crippen LogP contribution in [0.25, 0.3) is 0 Å². The Morgan fingerprint density at radius 2 is 0.838 bits per heavy atom. The zero-order valence-corrected chi connectivity index (χ0v) is 25.6. The van der Waals surface area contributed by atoms with E-state index in [1.165, 1.54) is 73.0 Å². The molecule has 206 valence electrons. The molecule has 2 N–H and O–H groups in total. The van der Waals surface area contributed by atoms with Gasteiger partial charge in [-0.15, -0.1) is 0 Å². The van der Waals surface area contributed by atoms with Crippen molar-refractivity contribution in [3.8, 4) is 0 Å². The predicted octanol–water partition coefficient (Wildman–Crippen LogP) is 10.1. The van der Waals surface area contributed by atoms with E-state index in [-0.39, 0.29) is 11.1 Å². The molecule has 0 heterocycles. The third-order valence-electron chi connectivity index (χ3n) is 6.38. The van der Waals surface area contributed by atoms with Gasteiger partial charge >= 0.3 is 11.9 Å². The van der Waals surface area contributed by atoms with Crippen LogP contribution in [0.15, 0.2) is 58.3 Å². The Bertz CT molecular complexity index is 806. The summed E-state index contributed by atoms with van der Waals surface area (Å²) in [5.74, 6) is -1.89. The van der Waals surface area contributed by atoms with Crippen molar-refractivity contribution in [1.82, 2.24) is 0 Å². The second kappa shape index (κ2) is 19.6. The van der Waals surface area contributed by atoms with Crippen molar-refractivity contribution in [2.75, 3.05) is 24.6 Å². The molecule has 2 rings (SSSR count). The highest BCUT2D eigenvalue weighted by atomic mass is 33.1. The molecule has 2 aromatic rings. The molecular formula is C30H46O4PS2+. The fourth-order valence-corrected chi connectivity index (χ4v) is 11.3. The number of carboxylic acids is 2. The molecule has 4 nitrogen and oxygen atoms in total. The minimum absolute atomic E-state index is 0.255. The van der Waals surface area contributed by atoms with Crippen molar-refractivity contribution >= 4 is 40.8 Å². The summed E-state index contributed by atoms with van der Waals surface area (Å²) in [6.07, 6.45) is 17.9. The number of benzene rings is 2. The molecule has 0 aliphatic heterocycles. The summed E-state index contributed by atoms with van der Waals surface area (Å²) in [5, 5.41) is 17.6. The van der Waals surface area contributed by atoms with Crippen molar-refractivity contribution in [1.29, 1.82) is 0 Å². The van der Waals surface area contributed by atoms with Crippen LogP contribution in [0.4, 0.5) is 0 Å². The third-order valence-corrected chi connectivity index (χ3v) is 13.9. The molecule has 0 atom stereocenters. The molecule has 0 aliphatic rings. The average molecular weight is 566 g/mol. The fourth-order valence-electron chi connectivity index (χ4n) is 4.05. The molecule has 0 aromatic heterocycles. The lowest BCUT2D eigenvalue weighted by atomic mass is 10.2. The molecule has 0 fully saturated rings. The van der Waals surface area contributed by atoms with Crippen LogP contribution in [-0.4, -0.2) is 46.8 Å². The Balaban J connectivity index is 0.000000377. The van der Waals surface area contributed by atoms with Crippen molar-refractivity contribution in [3.63, 3.8) is 0 Å². The number of unbranched alkanes of at least 4 members (excludes halogenated alkanes) is 4. The van der Waals surface area contributed by atoms with Gasteiger partial charge in [0, 0.05) is 17.1 Å². The lowest BCUT2D eigenvalue weighted by Crippen LogP contribution is -2.12. The van der Waals surface area contributed by atoms with Crippen LogP contribution in [0.3, 0.4) is 0 Å². The maximum atomic E-state index is 10.7. The monoisotopic (exact) mass is 565 g/mol. The maximum Gasteiger partial charge on any atom is 0.335 e. The van der Waals surface area contributed by atoms with Gasteiger partial charge in [0.25, 0.3) is 0 Å². The summed E-state index contributed by atoms with van der Waals surface area (Å²) in [4.78, 5) is 23.3. The first-order valence-corrected chi connectivity index (χ1v) is 18.3. The van der Waals surface area contributed by atoms with Crippen molar-refractivity contribution in [2.24, 2.45) is 0 Å². The van der Waals surface area contributed by atoms with Gasteiger partial charge in [0.2, 0.25) is 0 Å². The van der Waals surface area contributed by atoms with Gasteiger partial charge in [-0.1, -0.05) is 75.0 Å². The maximum absolute atomic E-state index is 10.7. The average Bonchev–Trinajstić information content (AvgIpc) is 2.92. The van der Waals surface area contributed by atoms with E-state index in [0.717, 1.165) is 9.79 Å². The van der Waals surface area contributed by atoms with Crippen LogP contribution in [0.2, 0.25) is 0 Å². The van der Waals surface area contributed by atoms with Crippen molar-refractivity contribution < 1.29 is 19.8 Å². The summed E-state index contributed by atoms with van der Waals surface area (Å²) in [7, 11) is 2.41. The van der Waals surface area contributed by atoms with E-state index in [0.29, 0.717) is 0 Å². The Labute approximate surface area is 233 Å². The van der Waals surface area contributed by atoms with Gasteiger partial charge in [0.15, 0.2) is 0 Å². The number of hydrogen-bond donors (Lipinski definition) is 2. The summed E-state index contributed by atoms with van der Waals surface area (Å²) < 4.78 is 0. The summed E-state index contributed by atoms with van der Waals surface area (Å²) in [5.41, 5.74) is 0.510. The number of rotatable bonds is 17. The minimum Gasteiger partial charge on any atom is -0.478 e. The van der Waals surface area contributed by atoms with E-state index in [9.17, 15) is 9.59 Å². The zero-order valence-electron chi connectivity index (χ0n) is 23.1. The highest BCUT2D eigenvalue weighted by Gasteiger charge is 2.34. The third kappa shape index (κ3) is 13.7. The minimum atomic E-state index is -0.946. The second-order valence-electron chi connectivity index (χ2n) is 9.48. The first-order valence-electron chi connectivity index (χ1n) is 13.7. The standard InChI is InChI=1S/C16H36P.C14H10O4S2/c1-5-9-13-17(14-10-6-2,15-11-7-3)16-12-8-4;15-13(16)9-1-5-11(6-2-9)19-20-12-7-3-10(4-8-12)14(17)18/h5-16H2,1-4H3;1-8H,(H,15,16)(H,17,18)/q+1;. The molecule has 0 saturated carbocycles. The lowest BCUT2D eigenvalue weighted by molar-refractivity contribution is 0.0686. The topological polar surface area (TPSA) is 74.6 Å². The Morgan fingerprint density at radius 3 is 1.05 bits per heavy atom. The zero-order chi connectivity index (χ0) is 27.5. The normalized spacial score (nSPS) is 11.0. The number of carboxylic acid groups (broad SMARTS) is 2. The highest BCUT2D eigenvalue weighted by molar-refractivity contribution is 8.76. The smallest absolute Gasteiger partial charge is 0.335 e. The molecule has 0 bridgehead atoms. The lowest BCUT2D eigenvalue weighted by Gasteiger charge is -2.28. The molecule has 0 saturated heterocycles. The Kier molecular flexibility index (Phi) is 17.7. The van der Waals surface area contributed by atoms with E-state index in [1.807, 2.05) is 0 Å². The Hall–Kier alpha value is -1.49. The molecule has 0 unspecified atom stereocenters. The van der Waals surface area contributed by atoms with Crippen LogP contribution in [0, 0.1) is 0 Å². The molecule has 0 aliphatic carbocycles. The molecule has 2 aromatic carbocycles. The molecule has 37 heavy (non-hydrogen) atoms. The van der Waals surface area contributed by atoms with Gasteiger partial charge in [0.1, 0.15) is 0 Å². The summed E-state index contributed by atoms with van der Waals surface area (Å²) >= 11 is 0. The van der Waals surface area contributed by atoms with Gasteiger partial charge in [0.05, 0.1) is 35.8 Å². The van der Waals surface area contributed by atoms with Gasteiger partial charge in [-0.25, -0.2) is 9.59 Å². The SMILES string of the molecule is CCCC[P+](CCCC)(CCCC)CCCC.O=C(O)c1ccc(SSc2ccc(C(=O)O)cc2)cc1. The van der Waals surface area contributed by atoms with Crippen LogP contribution in [0.5, 0.6) is 0 Å². The van der Waals surface area contributed by atoms with Gasteiger partial charge in [-0.3, -0.25) is 0 Å². The van der Waals surface area contributed by atoms with E-state index in [2.05, 4.69) is 27.7 Å². The van der Waals surface area contributed by atoms with Gasteiger partial charge < -0.3 is 10.2 Å². The second-order valence-corrected chi connectivity index (χ2v) is 16.2. The number of carbonyl (C=O) groups is 2. The summed E-state index contributed by atoms with van der Waals surface area (Å²) in [6.45, 7) is 9.42. The Morgan fingerprint density at radius 1 is 0.568 bits per heavy atom. The molecule has 7 heteroatoms. The summed E-state index contributed by atoms with van der Waals surface area (Å²) in [6, 6.07) is 13.2. The van der Waals surface area contributed by atoms with Gasteiger partial charge in [-0.05, 0) is 74.2 Å². The van der Waals surface area contributed by atoms with E-state index in [4.69, 9.17) is 10.2 Å². The molecular weight excluding hydrogens is 519 g/mol. The number of aromatic carboxylic acids is 2. The number of hydrogen-bond acceptors (Lipinski definition) is 4. The van der Waals surface area contributed by atoms with Crippen molar-refractivity contribution in [2.45, 2.75) is 88.9 Å². The van der Waals surface area contributed by atoms with E-state index < -0.39 is 19.2 Å². The van der Waals surface area contributed by atoms with Crippen LogP contribution in [-0.2, 0) is 0 Å². The molecule has 0 spiro atoms. The van der Waals surface area contributed by atoms with Crippen LogP contribution >= 0.6 is 28.9 Å². The quantitative estimate of drug-likeness (QED) is 0.147. The molecule has 0 radical (unpaired) electrons. The largest absolute Gasteiger partial charge is 0.478 e. The first kappa shape index (κ1) is 33.5. The fraction of sp³-hybridized carbons (Fsp3) is 0.533. The van der Waals surface area contributed by atoms with E-state index >= 15 is 0 Å². The van der Waals surface area contributed by atoms with Crippen LogP contribution < -0.4 is 0 Å². The van der Waals surface area contributed by atoms with E-state index in [1.54, 1.807) is 73.2 Å². The predicted molar refractivity (Wildman–Crippen MR) is 165 cm³/mol. The van der Waals surface area contributed by atoms with Crippen LogP contribution in [0.1, 0.15) is 99.8 Å². The van der Waals surface area contributed by atoms with Gasteiger partial charge in [-0.2, -0.15) is 0 Å². The molecule has 0 amide bonds. The highest BCUT2D eigenvalue weighted by Crippen LogP contribution is 2.61. The van der Waals surface area contributed by atoms with Crippen molar-refractivity contribution in [3.05, 3.63) is 59.7 Å².